The summed E-state index contributed by atoms with van der Waals surface area (Å²) in [6.45, 7) is 2.23. The van der Waals surface area contributed by atoms with E-state index in [4.69, 9.17) is 5.11 Å². The predicted molar refractivity (Wildman–Crippen MR) is 64.1 cm³/mol. The van der Waals surface area contributed by atoms with E-state index in [1.54, 1.807) is 18.2 Å². The molecule has 2 aromatic rings. The second kappa shape index (κ2) is 3.58. The number of carbonyl (C=O) groups is 1. The molecule has 1 fully saturated rings. The lowest BCUT2D eigenvalue weighted by atomic mass is 9.81. The van der Waals surface area contributed by atoms with E-state index in [2.05, 4.69) is 16.5 Å². The Labute approximate surface area is 98.9 Å². The van der Waals surface area contributed by atoms with Crippen molar-refractivity contribution in [3.8, 4) is 0 Å². The smallest absolute Gasteiger partial charge is 0.335 e. The molecule has 0 bridgehead atoms. The lowest BCUT2D eigenvalue weighted by molar-refractivity contribution is 0.0697. The van der Waals surface area contributed by atoms with Crippen LogP contribution in [0, 0.1) is 5.92 Å². The molecule has 1 aromatic carbocycles. The number of fused-ring (bicyclic) bond motifs is 1. The third-order valence-corrected chi connectivity index (χ3v) is 3.56. The lowest BCUT2D eigenvalue weighted by Gasteiger charge is -2.34. The fourth-order valence-corrected chi connectivity index (χ4v) is 2.54. The molecule has 1 saturated carbocycles. The molecule has 17 heavy (non-hydrogen) atoms. The van der Waals surface area contributed by atoms with E-state index >= 15 is 0 Å². The fraction of sp³-hybridized carbons (Fsp3) is 0.385. The highest BCUT2D eigenvalue weighted by Gasteiger charge is 2.27. The zero-order chi connectivity index (χ0) is 12.0. The number of nitrogens with zero attached hydrogens (tertiary/aromatic N) is 2. The Kier molecular flexibility index (Phi) is 2.18. The van der Waals surface area contributed by atoms with E-state index < -0.39 is 5.97 Å². The Balaban J connectivity index is 2.07. The summed E-state index contributed by atoms with van der Waals surface area (Å²) in [5.41, 5.74) is 2.13. The molecule has 0 atom stereocenters. The number of hydrogen-bond donors (Lipinski definition) is 1. The van der Waals surface area contributed by atoms with Crippen LogP contribution >= 0.6 is 0 Å². The minimum Gasteiger partial charge on any atom is -0.478 e. The van der Waals surface area contributed by atoms with Crippen LogP contribution in [0.25, 0.3) is 11.0 Å². The average Bonchev–Trinajstić information content (AvgIpc) is 2.67. The molecule has 1 aliphatic rings. The molecule has 0 spiro atoms. The van der Waals surface area contributed by atoms with Gasteiger partial charge in [0.25, 0.3) is 0 Å². The van der Waals surface area contributed by atoms with E-state index in [1.165, 1.54) is 0 Å². The Hall–Kier alpha value is -1.84. The predicted octanol–water partition coefficient (Wildman–Crippen LogP) is 2.71. The van der Waals surface area contributed by atoms with Gasteiger partial charge in [-0.05, 0) is 37.0 Å². The third-order valence-electron chi connectivity index (χ3n) is 3.56. The number of hydrogen-bond acceptors (Lipinski definition) is 2. The van der Waals surface area contributed by atoms with Gasteiger partial charge in [-0.25, -0.2) is 9.78 Å². The molecule has 1 aliphatic carbocycles. The quantitative estimate of drug-likeness (QED) is 0.863. The first-order valence-corrected chi connectivity index (χ1v) is 5.85. The highest BCUT2D eigenvalue weighted by molar-refractivity contribution is 5.92. The van der Waals surface area contributed by atoms with E-state index in [9.17, 15) is 4.79 Å². The van der Waals surface area contributed by atoms with Crippen LogP contribution in [0.1, 0.15) is 36.2 Å². The molecule has 1 N–H and O–H groups in total. The van der Waals surface area contributed by atoms with Crippen LogP contribution < -0.4 is 0 Å². The van der Waals surface area contributed by atoms with Gasteiger partial charge < -0.3 is 9.67 Å². The highest BCUT2D eigenvalue weighted by atomic mass is 16.4. The summed E-state index contributed by atoms with van der Waals surface area (Å²) in [5, 5.41) is 8.99. The second-order valence-corrected chi connectivity index (χ2v) is 4.89. The van der Waals surface area contributed by atoms with Crippen LogP contribution in [-0.2, 0) is 0 Å². The molecule has 0 unspecified atom stereocenters. The van der Waals surface area contributed by atoms with Crippen LogP contribution in [0.15, 0.2) is 24.5 Å². The van der Waals surface area contributed by atoms with Gasteiger partial charge in [-0.2, -0.15) is 0 Å². The molecule has 1 heterocycles. The average molecular weight is 230 g/mol. The van der Waals surface area contributed by atoms with Gasteiger partial charge in [0.05, 0.1) is 22.9 Å². The minimum absolute atomic E-state index is 0.326. The van der Waals surface area contributed by atoms with Crippen molar-refractivity contribution in [1.82, 2.24) is 9.55 Å². The van der Waals surface area contributed by atoms with Crippen molar-refractivity contribution in [3.05, 3.63) is 30.1 Å². The van der Waals surface area contributed by atoms with Gasteiger partial charge in [0.15, 0.2) is 0 Å². The number of aromatic nitrogens is 2. The van der Waals surface area contributed by atoms with Gasteiger partial charge in [0, 0.05) is 6.04 Å². The van der Waals surface area contributed by atoms with Crippen molar-refractivity contribution in [3.63, 3.8) is 0 Å². The molecule has 0 amide bonds. The molecular formula is C13H14N2O2. The van der Waals surface area contributed by atoms with Gasteiger partial charge in [-0.3, -0.25) is 0 Å². The summed E-state index contributed by atoms with van der Waals surface area (Å²) >= 11 is 0. The normalized spacial score (nSPS) is 23.6. The van der Waals surface area contributed by atoms with Gasteiger partial charge in [-0.1, -0.05) is 6.92 Å². The van der Waals surface area contributed by atoms with E-state index in [-0.39, 0.29) is 0 Å². The molecule has 0 aliphatic heterocycles. The SMILES string of the molecule is CC1CC(n2cnc3ccc(C(=O)O)cc32)C1. The van der Waals surface area contributed by atoms with Crippen LogP contribution in [0.5, 0.6) is 0 Å². The van der Waals surface area contributed by atoms with Crippen LogP contribution in [0.4, 0.5) is 0 Å². The van der Waals surface area contributed by atoms with E-state index in [0.29, 0.717) is 11.6 Å². The van der Waals surface area contributed by atoms with E-state index in [0.717, 1.165) is 29.8 Å². The van der Waals surface area contributed by atoms with Crippen molar-refractivity contribution in [2.45, 2.75) is 25.8 Å². The highest BCUT2D eigenvalue weighted by Crippen LogP contribution is 2.38. The van der Waals surface area contributed by atoms with E-state index in [1.807, 2.05) is 6.33 Å². The maximum atomic E-state index is 11.0. The van der Waals surface area contributed by atoms with Gasteiger partial charge in [0.1, 0.15) is 0 Å². The zero-order valence-corrected chi connectivity index (χ0v) is 9.63. The monoisotopic (exact) mass is 230 g/mol. The Morgan fingerprint density at radius 1 is 1.47 bits per heavy atom. The van der Waals surface area contributed by atoms with Crippen LogP contribution in [0.2, 0.25) is 0 Å². The maximum Gasteiger partial charge on any atom is 0.335 e. The molecular weight excluding hydrogens is 216 g/mol. The Morgan fingerprint density at radius 3 is 2.88 bits per heavy atom. The Morgan fingerprint density at radius 2 is 2.24 bits per heavy atom. The summed E-state index contributed by atoms with van der Waals surface area (Å²) in [6.07, 6.45) is 4.14. The summed E-state index contributed by atoms with van der Waals surface area (Å²) in [6, 6.07) is 5.58. The van der Waals surface area contributed by atoms with Gasteiger partial charge in [0.2, 0.25) is 0 Å². The summed E-state index contributed by atoms with van der Waals surface area (Å²) in [4.78, 5) is 15.3. The minimum atomic E-state index is -0.887. The number of imidazole rings is 1. The van der Waals surface area contributed by atoms with Gasteiger partial charge >= 0.3 is 5.97 Å². The number of aromatic carboxylic acids is 1. The zero-order valence-electron chi connectivity index (χ0n) is 9.63. The van der Waals surface area contributed by atoms with Crippen molar-refractivity contribution in [2.75, 3.05) is 0 Å². The molecule has 88 valence electrons. The summed E-state index contributed by atoms with van der Waals surface area (Å²) < 4.78 is 2.11. The topological polar surface area (TPSA) is 55.1 Å². The maximum absolute atomic E-state index is 11.0. The summed E-state index contributed by atoms with van der Waals surface area (Å²) in [7, 11) is 0. The van der Waals surface area contributed by atoms with Crippen molar-refractivity contribution in [1.29, 1.82) is 0 Å². The molecule has 4 heteroatoms. The second-order valence-electron chi connectivity index (χ2n) is 4.89. The molecule has 4 nitrogen and oxygen atoms in total. The van der Waals surface area contributed by atoms with Crippen LogP contribution in [-0.4, -0.2) is 20.6 Å². The summed E-state index contributed by atoms with van der Waals surface area (Å²) in [5.74, 6) is -0.123. The molecule has 1 aromatic heterocycles. The molecule has 0 radical (unpaired) electrons. The first-order chi connectivity index (χ1) is 8.15. The fourth-order valence-electron chi connectivity index (χ4n) is 2.54. The number of carboxylic acids is 1. The largest absolute Gasteiger partial charge is 0.478 e. The van der Waals surface area contributed by atoms with Crippen molar-refractivity contribution < 1.29 is 9.90 Å². The molecule has 3 rings (SSSR count). The Bertz CT molecular complexity index is 582. The number of benzene rings is 1. The first kappa shape index (κ1) is 10.3. The lowest BCUT2D eigenvalue weighted by Crippen LogP contribution is -2.24. The van der Waals surface area contributed by atoms with Crippen molar-refractivity contribution >= 4 is 17.0 Å². The standard InChI is InChI=1S/C13H14N2O2/c1-8-4-10(5-8)15-7-14-11-3-2-9(13(16)17)6-12(11)15/h2-3,6-8,10H,4-5H2,1H3,(H,16,17). The number of rotatable bonds is 2. The third kappa shape index (κ3) is 1.60. The number of carboxylic acid groups (broad SMARTS) is 1. The van der Waals surface area contributed by atoms with Crippen LogP contribution in [0.3, 0.4) is 0 Å². The molecule has 0 saturated heterocycles. The first-order valence-electron chi connectivity index (χ1n) is 5.85. The van der Waals surface area contributed by atoms with Gasteiger partial charge in [-0.15, -0.1) is 0 Å². The van der Waals surface area contributed by atoms with Crippen molar-refractivity contribution in [2.24, 2.45) is 5.92 Å².